The van der Waals surface area contributed by atoms with Crippen molar-refractivity contribution in [2.24, 2.45) is 0 Å². The number of nitrogens with one attached hydrogen (secondary N) is 1. The van der Waals surface area contributed by atoms with E-state index < -0.39 is 0 Å². The second-order valence-electron chi connectivity index (χ2n) is 6.54. The van der Waals surface area contributed by atoms with Crippen LogP contribution in [0.3, 0.4) is 0 Å². The predicted molar refractivity (Wildman–Crippen MR) is 83.9 cm³/mol. The van der Waals surface area contributed by atoms with Gasteiger partial charge >= 0.3 is 0 Å². The quantitative estimate of drug-likeness (QED) is 0.923. The van der Waals surface area contributed by atoms with Crippen molar-refractivity contribution in [3.63, 3.8) is 0 Å². The van der Waals surface area contributed by atoms with Crippen molar-refractivity contribution in [1.82, 2.24) is 15.3 Å². The summed E-state index contributed by atoms with van der Waals surface area (Å²) in [4.78, 5) is 10.0. The van der Waals surface area contributed by atoms with E-state index in [1.54, 1.807) is 23.6 Å². The van der Waals surface area contributed by atoms with Gasteiger partial charge in [0.05, 0.1) is 5.69 Å². The maximum absolute atomic E-state index is 13.9. The number of thiazole rings is 1. The highest BCUT2D eigenvalue weighted by atomic mass is 32.1. The predicted octanol–water partition coefficient (Wildman–Crippen LogP) is 4.11. The van der Waals surface area contributed by atoms with E-state index in [4.69, 9.17) is 0 Å². The number of hydrogen-bond donors (Lipinski definition) is 1. The Morgan fingerprint density at radius 3 is 2.76 bits per heavy atom. The van der Waals surface area contributed by atoms with Crippen LogP contribution in [0, 0.1) is 5.82 Å². The molecular weight excluding hydrogens is 285 g/mol. The van der Waals surface area contributed by atoms with Gasteiger partial charge in [0.25, 0.3) is 0 Å². The van der Waals surface area contributed by atoms with E-state index in [0.717, 1.165) is 12.2 Å². The third kappa shape index (κ3) is 3.47. The molecule has 21 heavy (non-hydrogen) atoms. The monoisotopic (exact) mass is 305 g/mol. The number of nitrogens with zero attached hydrogens (tertiary/aromatic N) is 2. The molecule has 0 spiro atoms. The Hall–Kier alpha value is -1.33. The molecule has 0 unspecified atom stereocenters. The number of hydrogen-bond acceptors (Lipinski definition) is 4. The largest absolute Gasteiger partial charge is 0.307 e. The van der Waals surface area contributed by atoms with Crippen LogP contribution in [0.25, 0.3) is 10.7 Å². The fourth-order valence-corrected chi connectivity index (χ4v) is 3.24. The van der Waals surface area contributed by atoms with Crippen LogP contribution in [-0.4, -0.2) is 15.5 Å². The third-order valence-corrected chi connectivity index (χ3v) is 4.51. The third-order valence-electron chi connectivity index (χ3n) is 3.43. The summed E-state index contributed by atoms with van der Waals surface area (Å²) < 4.78 is 13.9. The smallest absolute Gasteiger partial charge is 0.151 e. The van der Waals surface area contributed by atoms with Gasteiger partial charge in [-0.05, 0) is 45.7 Å². The van der Waals surface area contributed by atoms with Crippen molar-refractivity contribution in [3.8, 4) is 10.7 Å². The van der Waals surface area contributed by atoms with Crippen molar-refractivity contribution in [2.45, 2.75) is 51.6 Å². The fraction of sp³-hybridized carbons (Fsp3) is 0.500. The summed E-state index contributed by atoms with van der Waals surface area (Å²) in [6.07, 6.45) is 4.00. The van der Waals surface area contributed by atoms with Crippen molar-refractivity contribution >= 4 is 11.3 Å². The standard InChI is InChI=1S/C16H20FN3S/c1-16(2,3)19-9-12-13(10-6-7-10)20-15(21-12)14-11(17)5-4-8-18-14/h4-5,8,10,19H,6-7,9H2,1-3H3. The van der Waals surface area contributed by atoms with Gasteiger partial charge in [0, 0.05) is 29.1 Å². The van der Waals surface area contributed by atoms with E-state index >= 15 is 0 Å². The number of pyridine rings is 1. The first-order chi connectivity index (χ1) is 9.94. The molecule has 1 fully saturated rings. The molecule has 3 nitrogen and oxygen atoms in total. The van der Waals surface area contributed by atoms with E-state index in [-0.39, 0.29) is 11.4 Å². The summed E-state index contributed by atoms with van der Waals surface area (Å²) in [6.45, 7) is 7.21. The van der Waals surface area contributed by atoms with Crippen LogP contribution in [0.15, 0.2) is 18.3 Å². The van der Waals surface area contributed by atoms with Gasteiger partial charge in [-0.3, -0.25) is 4.98 Å². The highest BCUT2D eigenvalue weighted by molar-refractivity contribution is 7.15. The fourth-order valence-electron chi connectivity index (χ4n) is 2.16. The van der Waals surface area contributed by atoms with Gasteiger partial charge in [0.2, 0.25) is 0 Å². The van der Waals surface area contributed by atoms with Gasteiger partial charge in [0.1, 0.15) is 10.7 Å². The van der Waals surface area contributed by atoms with Crippen molar-refractivity contribution < 1.29 is 4.39 Å². The van der Waals surface area contributed by atoms with Crippen LogP contribution < -0.4 is 5.32 Å². The SMILES string of the molecule is CC(C)(C)NCc1sc(-c2ncccc2F)nc1C1CC1. The van der Waals surface area contributed by atoms with Gasteiger partial charge in [-0.2, -0.15) is 0 Å². The van der Waals surface area contributed by atoms with Gasteiger partial charge in [-0.25, -0.2) is 9.37 Å². The molecule has 5 heteroatoms. The highest BCUT2D eigenvalue weighted by Crippen LogP contribution is 2.44. The Balaban J connectivity index is 1.91. The normalized spacial score (nSPS) is 15.4. The Labute approximate surface area is 128 Å². The molecule has 0 amide bonds. The Bertz CT molecular complexity index is 641. The molecule has 2 heterocycles. The van der Waals surface area contributed by atoms with Crippen molar-refractivity contribution in [1.29, 1.82) is 0 Å². The van der Waals surface area contributed by atoms with E-state index in [9.17, 15) is 4.39 Å². The second kappa shape index (κ2) is 5.46. The van der Waals surface area contributed by atoms with Crippen LogP contribution in [0.5, 0.6) is 0 Å². The molecule has 1 N–H and O–H groups in total. The number of rotatable bonds is 4. The second-order valence-corrected chi connectivity index (χ2v) is 7.62. The molecule has 1 aliphatic rings. The molecule has 3 rings (SSSR count). The van der Waals surface area contributed by atoms with Gasteiger partial charge in [-0.1, -0.05) is 0 Å². The van der Waals surface area contributed by atoms with Crippen LogP contribution in [0.4, 0.5) is 4.39 Å². The first kappa shape index (κ1) is 14.6. The first-order valence-corrected chi connectivity index (χ1v) is 8.11. The maximum Gasteiger partial charge on any atom is 0.151 e. The molecular formula is C16H20FN3S. The Morgan fingerprint density at radius 2 is 2.14 bits per heavy atom. The number of aromatic nitrogens is 2. The lowest BCUT2D eigenvalue weighted by Crippen LogP contribution is -2.35. The molecule has 1 aliphatic carbocycles. The van der Waals surface area contributed by atoms with Crippen molar-refractivity contribution in [3.05, 3.63) is 34.7 Å². The minimum absolute atomic E-state index is 0.0568. The summed E-state index contributed by atoms with van der Waals surface area (Å²) in [5.74, 6) is 0.252. The zero-order valence-electron chi connectivity index (χ0n) is 12.6. The van der Waals surface area contributed by atoms with Gasteiger partial charge in [0.15, 0.2) is 5.82 Å². The highest BCUT2D eigenvalue weighted by Gasteiger charge is 2.30. The van der Waals surface area contributed by atoms with Crippen LogP contribution in [0.1, 0.15) is 50.1 Å². The van der Waals surface area contributed by atoms with Crippen LogP contribution in [0.2, 0.25) is 0 Å². The van der Waals surface area contributed by atoms with Crippen LogP contribution >= 0.6 is 11.3 Å². The number of halogens is 1. The molecule has 0 radical (unpaired) electrons. The molecule has 0 atom stereocenters. The molecule has 0 aliphatic heterocycles. The molecule has 0 saturated heterocycles. The molecule has 2 aromatic heterocycles. The zero-order chi connectivity index (χ0) is 15.0. The lowest BCUT2D eigenvalue weighted by Gasteiger charge is -2.20. The van der Waals surface area contributed by atoms with Crippen molar-refractivity contribution in [2.75, 3.05) is 0 Å². The van der Waals surface area contributed by atoms with Gasteiger partial charge in [-0.15, -0.1) is 11.3 Å². The lowest BCUT2D eigenvalue weighted by atomic mass is 10.1. The first-order valence-electron chi connectivity index (χ1n) is 7.29. The molecule has 1 saturated carbocycles. The summed E-state index contributed by atoms with van der Waals surface area (Å²) in [5, 5.41) is 4.19. The minimum Gasteiger partial charge on any atom is -0.307 e. The minimum atomic E-state index is -0.302. The Morgan fingerprint density at radius 1 is 1.38 bits per heavy atom. The summed E-state index contributed by atoms with van der Waals surface area (Å²) in [7, 11) is 0. The summed E-state index contributed by atoms with van der Waals surface area (Å²) in [6, 6.07) is 3.05. The van der Waals surface area contributed by atoms with E-state index in [1.807, 2.05) is 0 Å². The van der Waals surface area contributed by atoms with E-state index in [1.165, 1.54) is 23.8 Å². The van der Waals surface area contributed by atoms with E-state index in [2.05, 4.69) is 36.1 Å². The maximum atomic E-state index is 13.9. The Kier molecular flexibility index (Phi) is 3.80. The zero-order valence-corrected chi connectivity index (χ0v) is 13.4. The summed E-state index contributed by atoms with van der Waals surface area (Å²) in [5.41, 5.74) is 1.56. The van der Waals surface area contributed by atoms with Crippen LogP contribution in [-0.2, 0) is 6.54 Å². The topological polar surface area (TPSA) is 37.8 Å². The van der Waals surface area contributed by atoms with E-state index in [0.29, 0.717) is 16.6 Å². The molecule has 112 valence electrons. The van der Waals surface area contributed by atoms with Gasteiger partial charge < -0.3 is 5.32 Å². The lowest BCUT2D eigenvalue weighted by molar-refractivity contribution is 0.425. The average molecular weight is 305 g/mol. The molecule has 0 aromatic carbocycles. The molecule has 0 bridgehead atoms. The molecule has 2 aromatic rings. The summed E-state index contributed by atoms with van der Waals surface area (Å²) >= 11 is 1.56. The average Bonchev–Trinajstić information content (AvgIpc) is 3.17.